The maximum absolute atomic E-state index is 5.53. The van der Waals surface area contributed by atoms with E-state index in [2.05, 4.69) is 85.4 Å². The summed E-state index contributed by atoms with van der Waals surface area (Å²) < 4.78 is 0. The molecule has 3 rings (SSSR count). The van der Waals surface area contributed by atoms with E-state index in [0.29, 0.717) is 22.3 Å². The lowest BCUT2D eigenvalue weighted by atomic mass is 9.91. The average molecular weight is 441 g/mol. The van der Waals surface area contributed by atoms with Crippen molar-refractivity contribution in [2.45, 2.75) is 65.5 Å². The third kappa shape index (κ3) is 6.96. The predicted molar refractivity (Wildman–Crippen MR) is 137 cm³/mol. The molecular formula is C24H32N4S2. The quantitative estimate of drug-likeness (QED) is 0.471. The first kappa shape index (κ1) is 22.5. The Morgan fingerprint density at radius 2 is 0.900 bits per heavy atom. The van der Waals surface area contributed by atoms with Crippen molar-refractivity contribution < 1.29 is 0 Å². The van der Waals surface area contributed by atoms with E-state index in [1.165, 1.54) is 22.3 Å². The van der Waals surface area contributed by atoms with E-state index in [1.54, 1.807) is 0 Å². The Balaban J connectivity index is 1.42. The Bertz CT molecular complexity index is 801. The standard InChI is InChI=1S/C24H32N4S2/c1-15-9-16(2)12-21(11-15)27-23(29)25-19-5-7-20(8-6-19)26-24(30)28-22-13-17(3)10-18(4)14-22/h9-14,19-20H,5-8H2,1-4H3,(H2,25,27,29)(H2,26,28,30). The van der Waals surface area contributed by atoms with Gasteiger partial charge < -0.3 is 21.3 Å². The number of anilines is 2. The molecule has 0 aromatic heterocycles. The van der Waals surface area contributed by atoms with Crippen LogP contribution in [-0.2, 0) is 0 Å². The number of aryl methyl sites for hydroxylation is 4. The van der Waals surface area contributed by atoms with Gasteiger partial charge in [0.2, 0.25) is 0 Å². The van der Waals surface area contributed by atoms with Crippen LogP contribution in [0.5, 0.6) is 0 Å². The van der Waals surface area contributed by atoms with Crippen LogP contribution < -0.4 is 21.3 Å². The van der Waals surface area contributed by atoms with Crippen molar-refractivity contribution in [1.82, 2.24) is 10.6 Å². The number of thiocarbonyl (C=S) groups is 2. The van der Waals surface area contributed by atoms with Gasteiger partial charge >= 0.3 is 0 Å². The van der Waals surface area contributed by atoms with Crippen molar-refractivity contribution in [3.63, 3.8) is 0 Å². The molecule has 4 N–H and O–H groups in total. The molecule has 0 heterocycles. The number of nitrogens with one attached hydrogen (secondary N) is 4. The molecule has 0 unspecified atom stereocenters. The molecule has 0 saturated heterocycles. The summed E-state index contributed by atoms with van der Waals surface area (Å²) in [5.74, 6) is 0. The van der Waals surface area contributed by atoms with Crippen LogP contribution in [0.25, 0.3) is 0 Å². The average Bonchev–Trinajstić information content (AvgIpc) is 2.61. The van der Waals surface area contributed by atoms with Gasteiger partial charge in [0.25, 0.3) is 0 Å². The van der Waals surface area contributed by atoms with Gasteiger partial charge in [0.05, 0.1) is 0 Å². The number of hydrogen-bond acceptors (Lipinski definition) is 2. The zero-order chi connectivity index (χ0) is 21.7. The third-order valence-electron chi connectivity index (χ3n) is 5.36. The molecule has 1 aliphatic carbocycles. The maximum Gasteiger partial charge on any atom is 0.170 e. The first-order valence-electron chi connectivity index (χ1n) is 10.6. The molecule has 2 aromatic rings. The summed E-state index contributed by atoms with van der Waals surface area (Å²) in [4.78, 5) is 0. The van der Waals surface area contributed by atoms with Crippen molar-refractivity contribution in [2.24, 2.45) is 0 Å². The Labute approximate surface area is 191 Å². The Hall–Kier alpha value is -2.18. The van der Waals surface area contributed by atoms with Crippen LogP contribution in [0.2, 0.25) is 0 Å². The van der Waals surface area contributed by atoms with Gasteiger partial charge in [-0.25, -0.2) is 0 Å². The molecular weight excluding hydrogens is 408 g/mol. The van der Waals surface area contributed by atoms with E-state index in [0.717, 1.165) is 37.1 Å². The van der Waals surface area contributed by atoms with Crippen molar-refractivity contribution >= 4 is 46.0 Å². The van der Waals surface area contributed by atoms with Gasteiger partial charge in [-0.1, -0.05) is 12.1 Å². The first-order valence-corrected chi connectivity index (χ1v) is 11.4. The molecule has 0 spiro atoms. The fourth-order valence-corrected chi connectivity index (χ4v) is 4.75. The van der Waals surface area contributed by atoms with E-state index in [1.807, 2.05) is 0 Å². The normalized spacial score (nSPS) is 18.4. The summed E-state index contributed by atoms with van der Waals surface area (Å²) in [5, 5.41) is 15.0. The lowest BCUT2D eigenvalue weighted by Gasteiger charge is -2.31. The smallest absolute Gasteiger partial charge is 0.170 e. The topological polar surface area (TPSA) is 48.1 Å². The molecule has 0 aliphatic heterocycles. The molecule has 160 valence electrons. The lowest BCUT2D eigenvalue weighted by molar-refractivity contribution is 0.356. The van der Waals surface area contributed by atoms with Crippen LogP contribution >= 0.6 is 24.4 Å². The highest BCUT2D eigenvalue weighted by atomic mass is 32.1. The van der Waals surface area contributed by atoms with Crippen LogP contribution in [0, 0.1) is 27.7 Å². The fraction of sp³-hybridized carbons (Fsp3) is 0.417. The van der Waals surface area contributed by atoms with Crippen LogP contribution in [0.1, 0.15) is 47.9 Å². The van der Waals surface area contributed by atoms with Crippen molar-refractivity contribution in [1.29, 1.82) is 0 Å². The molecule has 1 aliphatic rings. The Morgan fingerprint density at radius 1 is 0.600 bits per heavy atom. The summed E-state index contributed by atoms with van der Waals surface area (Å²) >= 11 is 11.1. The molecule has 2 aromatic carbocycles. The minimum atomic E-state index is 0.398. The van der Waals surface area contributed by atoms with E-state index >= 15 is 0 Å². The minimum Gasteiger partial charge on any atom is -0.360 e. The molecule has 6 heteroatoms. The molecule has 0 bridgehead atoms. The fourth-order valence-electron chi connectivity index (χ4n) is 4.18. The van der Waals surface area contributed by atoms with Crippen molar-refractivity contribution in [2.75, 3.05) is 10.6 Å². The second-order valence-electron chi connectivity index (χ2n) is 8.50. The van der Waals surface area contributed by atoms with Crippen LogP contribution in [-0.4, -0.2) is 22.3 Å². The van der Waals surface area contributed by atoms with E-state index < -0.39 is 0 Å². The van der Waals surface area contributed by atoms with Gasteiger partial charge in [0.1, 0.15) is 0 Å². The SMILES string of the molecule is Cc1cc(C)cc(NC(=S)NC2CCC(NC(=S)Nc3cc(C)cc(C)c3)CC2)c1. The molecule has 1 fully saturated rings. The summed E-state index contributed by atoms with van der Waals surface area (Å²) in [6.07, 6.45) is 4.27. The third-order valence-corrected chi connectivity index (χ3v) is 5.80. The van der Waals surface area contributed by atoms with Crippen molar-refractivity contribution in [3.8, 4) is 0 Å². The van der Waals surface area contributed by atoms with Crippen LogP contribution in [0.3, 0.4) is 0 Å². The molecule has 30 heavy (non-hydrogen) atoms. The lowest BCUT2D eigenvalue weighted by Crippen LogP contribution is -2.45. The number of benzene rings is 2. The summed E-state index contributed by atoms with van der Waals surface area (Å²) in [6.45, 7) is 8.40. The van der Waals surface area contributed by atoms with Gasteiger partial charge in [0.15, 0.2) is 10.2 Å². The first-order chi connectivity index (χ1) is 14.3. The monoisotopic (exact) mass is 440 g/mol. The molecule has 0 radical (unpaired) electrons. The summed E-state index contributed by atoms with van der Waals surface area (Å²) in [7, 11) is 0. The van der Waals surface area contributed by atoms with Crippen molar-refractivity contribution in [3.05, 3.63) is 58.7 Å². The maximum atomic E-state index is 5.53. The summed E-state index contributed by atoms with van der Waals surface area (Å²) in [6, 6.07) is 13.6. The molecule has 0 amide bonds. The zero-order valence-electron chi connectivity index (χ0n) is 18.3. The second-order valence-corrected chi connectivity index (χ2v) is 9.31. The molecule has 1 saturated carbocycles. The minimum absolute atomic E-state index is 0.398. The Morgan fingerprint density at radius 3 is 1.20 bits per heavy atom. The highest BCUT2D eigenvalue weighted by Crippen LogP contribution is 2.20. The van der Waals surface area contributed by atoms with E-state index in [4.69, 9.17) is 24.4 Å². The van der Waals surface area contributed by atoms with Crippen LogP contribution in [0.4, 0.5) is 11.4 Å². The molecule has 0 atom stereocenters. The predicted octanol–water partition coefficient (Wildman–Crippen LogP) is 5.50. The largest absolute Gasteiger partial charge is 0.360 e. The van der Waals surface area contributed by atoms with Gasteiger partial charge in [0, 0.05) is 23.5 Å². The van der Waals surface area contributed by atoms with E-state index in [-0.39, 0.29) is 0 Å². The van der Waals surface area contributed by atoms with E-state index in [9.17, 15) is 0 Å². The zero-order valence-corrected chi connectivity index (χ0v) is 19.9. The Kier molecular flexibility index (Phi) is 7.67. The highest BCUT2D eigenvalue weighted by Gasteiger charge is 2.22. The van der Waals surface area contributed by atoms with Gasteiger partial charge in [-0.2, -0.15) is 0 Å². The van der Waals surface area contributed by atoms with Gasteiger partial charge in [-0.3, -0.25) is 0 Å². The van der Waals surface area contributed by atoms with Gasteiger partial charge in [-0.05, 0) is 124 Å². The summed E-state index contributed by atoms with van der Waals surface area (Å²) in [5.41, 5.74) is 7.02. The van der Waals surface area contributed by atoms with Crippen LogP contribution in [0.15, 0.2) is 36.4 Å². The number of rotatable bonds is 4. The number of hydrogen-bond donors (Lipinski definition) is 4. The highest BCUT2D eigenvalue weighted by molar-refractivity contribution is 7.80. The second kappa shape index (κ2) is 10.2. The van der Waals surface area contributed by atoms with Gasteiger partial charge in [-0.15, -0.1) is 0 Å². The molecule has 4 nitrogen and oxygen atoms in total.